The fraction of sp³-hybridized carbons (Fsp3) is 0.133. The number of anilines is 1. The van der Waals surface area contributed by atoms with Crippen LogP contribution in [0.15, 0.2) is 47.4 Å². The van der Waals surface area contributed by atoms with Crippen molar-refractivity contribution < 1.29 is 31.1 Å². The van der Waals surface area contributed by atoms with Gasteiger partial charge >= 0.3 is 6.18 Å². The predicted molar refractivity (Wildman–Crippen MR) is 83.8 cm³/mol. The molecule has 0 unspecified atom stereocenters. The van der Waals surface area contributed by atoms with Gasteiger partial charge in [0, 0.05) is 5.69 Å². The van der Waals surface area contributed by atoms with Crippen molar-refractivity contribution in [3.63, 3.8) is 0 Å². The summed E-state index contributed by atoms with van der Waals surface area (Å²) >= 11 is 0. The number of rotatable bonds is 4. The lowest BCUT2D eigenvalue weighted by Crippen LogP contribution is -2.19. The summed E-state index contributed by atoms with van der Waals surface area (Å²) in [6.45, 7) is 0. The Balaban J connectivity index is 2.39. The maximum absolute atomic E-state index is 13.2. The number of carbonyl (C=O) groups is 1. The maximum Gasteiger partial charge on any atom is 0.417 e. The zero-order valence-corrected chi connectivity index (χ0v) is 13.6. The topological polar surface area (TPSA) is 98.5 Å². The molecule has 3 N–H and O–H groups in total. The Morgan fingerprint density at radius 1 is 1.16 bits per heavy atom. The van der Waals surface area contributed by atoms with Gasteiger partial charge in [-0.3, -0.25) is 4.79 Å². The summed E-state index contributed by atoms with van der Waals surface area (Å²) < 4.78 is 66.8. The molecule has 0 bridgehead atoms. The second-order valence-corrected chi connectivity index (χ2v) is 6.50. The molecule has 1 amide bonds. The number of halogens is 3. The lowest BCUT2D eigenvalue weighted by molar-refractivity contribution is -0.138. The van der Waals surface area contributed by atoms with Gasteiger partial charge in [0.15, 0.2) is 0 Å². The molecule has 25 heavy (non-hydrogen) atoms. The van der Waals surface area contributed by atoms with Crippen LogP contribution in [0.5, 0.6) is 5.75 Å². The van der Waals surface area contributed by atoms with E-state index in [9.17, 15) is 26.4 Å². The summed E-state index contributed by atoms with van der Waals surface area (Å²) in [4.78, 5) is 11.9. The first-order chi connectivity index (χ1) is 11.5. The molecule has 6 nitrogen and oxygen atoms in total. The van der Waals surface area contributed by atoms with Crippen molar-refractivity contribution in [3.8, 4) is 5.75 Å². The van der Waals surface area contributed by atoms with Gasteiger partial charge in [-0.25, -0.2) is 13.6 Å². The molecule has 0 atom stereocenters. The molecule has 0 aliphatic carbocycles. The molecule has 134 valence electrons. The molecule has 0 saturated heterocycles. The third-order valence-electron chi connectivity index (χ3n) is 3.20. The van der Waals surface area contributed by atoms with Crippen molar-refractivity contribution in [2.45, 2.75) is 11.1 Å². The van der Waals surface area contributed by atoms with Crippen molar-refractivity contribution in [3.05, 3.63) is 53.6 Å². The molecule has 2 aromatic carbocycles. The Morgan fingerprint density at radius 3 is 2.40 bits per heavy atom. The minimum Gasteiger partial charge on any atom is -0.497 e. The zero-order chi connectivity index (χ0) is 18.8. The van der Waals surface area contributed by atoms with Crippen molar-refractivity contribution >= 4 is 21.6 Å². The van der Waals surface area contributed by atoms with Crippen molar-refractivity contribution in [1.82, 2.24) is 0 Å². The summed E-state index contributed by atoms with van der Waals surface area (Å²) in [5.74, 6) is -1.11. The Kier molecular flexibility index (Phi) is 5.04. The summed E-state index contributed by atoms with van der Waals surface area (Å²) in [5, 5.41) is 7.20. The number of benzene rings is 2. The van der Waals surface area contributed by atoms with Crippen LogP contribution in [0.4, 0.5) is 18.9 Å². The van der Waals surface area contributed by atoms with Crippen molar-refractivity contribution in [2.75, 3.05) is 12.4 Å². The van der Waals surface area contributed by atoms with E-state index in [4.69, 9.17) is 9.88 Å². The molecule has 0 saturated carbocycles. The molecule has 0 aromatic heterocycles. The summed E-state index contributed by atoms with van der Waals surface area (Å²) in [7, 11) is -2.81. The third-order valence-corrected chi connectivity index (χ3v) is 4.11. The number of primary sulfonamides is 1. The number of carbonyl (C=O) groups excluding carboxylic acids is 1. The molecule has 0 aliphatic rings. The van der Waals surface area contributed by atoms with Gasteiger partial charge in [-0.1, -0.05) is 6.07 Å². The van der Waals surface area contributed by atoms with Gasteiger partial charge in [-0.05, 0) is 36.4 Å². The maximum atomic E-state index is 13.2. The van der Waals surface area contributed by atoms with Crippen LogP contribution in [0.1, 0.15) is 15.9 Å². The molecular weight excluding hydrogens is 361 g/mol. The van der Waals surface area contributed by atoms with E-state index in [1.807, 2.05) is 0 Å². The van der Waals surface area contributed by atoms with Gasteiger partial charge in [-0.2, -0.15) is 13.2 Å². The highest BCUT2D eigenvalue weighted by atomic mass is 32.2. The van der Waals surface area contributed by atoms with Crippen LogP contribution in [-0.2, 0) is 16.2 Å². The molecule has 0 fully saturated rings. The van der Waals surface area contributed by atoms with E-state index in [0.717, 1.165) is 12.1 Å². The highest BCUT2D eigenvalue weighted by Crippen LogP contribution is 2.34. The van der Waals surface area contributed by atoms with Gasteiger partial charge in [0.2, 0.25) is 10.0 Å². The standard InChI is InChI=1S/C15H13F3N2O4S/c1-24-10-5-6-12(13(8-10)15(16,17)18)14(21)20-9-3-2-4-11(7-9)25(19,22)23/h2-8H,1H3,(H,20,21)(H2,19,22,23). The monoisotopic (exact) mass is 374 g/mol. The number of methoxy groups -OCH3 is 1. The van der Waals surface area contributed by atoms with E-state index in [1.54, 1.807) is 0 Å². The zero-order valence-electron chi connectivity index (χ0n) is 12.8. The van der Waals surface area contributed by atoms with Crippen LogP contribution in [0, 0.1) is 0 Å². The minimum atomic E-state index is -4.77. The van der Waals surface area contributed by atoms with Crippen LogP contribution in [0.2, 0.25) is 0 Å². The Hall–Kier alpha value is -2.59. The first kappa shape index (κ1) is 18.7. The summed E-state index contributed by atoms with van der Waals surface area (Å²) in [6, 6.07) is 7.75. The Morgan fingerprint density at radius 2 is 1.84 bits per heavy atom. The lowest BCUT2D eigenvalue weighted by Gasteiger charge is -2.14. The van der Waals surface area contributed by atoms with E-state index in [1.165, 1.54) is 31.4 Å². The molecule has 0 aliphatic heterocycles. The fourth-order valence-electron chi connectivity index (χ4n) is 2.03. The predicted octanol–water partition coefficient (Wildman–Crippen LogP) is 2.61. The van der Waals surface area contributed by atoms with Gasteiger partial charge < -0.3 is 10.1 Å². The van der Waals surface area contributed by atoms with E-state index < -0.39 is 33.2 Å². The SMILES string of the molecule is COc1ccc(C(=O)Nc2cccc(S(N)(=O)=O)c2)c(C(F)(F)F)c1. The van der Waals surface area contributed by atoms with Crippen molar-refractivity contribution in [2.24, 2.45) is 5.14 Å². The number of hydrogen-bond acceptors (Lipinski definition) is 4. The fourth-order valence-corrected chi connectivity index (χ4v) is 2.59. The Labute approximate surface area is 141 Å². The largest absolute Gasteiger partial charge is 0.497 e. The lowest BCUT2D eigenvalue weighted by atomic mass is 10.1. The van der Waals surface area contributed by atoms with Gasteiger partial charge in [0.25, 0.3) is 5.91 Å². The number of amides is 1. The van der Waals surface area contributed by atoms with E-state index in [2.05, 4.69) is 5.32 Å². The smallest absolute Gasteiger partial charge is 0.417 e. The molecule has 10 heteroatoms. The average Bonchev–Trinajstić information content (AvgIpc) is 2.53. The molecule has 0 spiro atoms. The number of sulfonamides is 1. The number of alkyl halides is 3. The highest BCUT2D eigenvalue weighted by molar-refractivity contribution is 7.89. The molecule has 2 aromatic rings. The average molecular weight is 374 g/mol. The van der Waals surface area contributed by atoms with E-state index >= 15 is 0 Å². The van der Waals surface area contributed by atoms with Crippen LogP contribution in [0.25, 0.3) is 0 Å². The van der Waals surface area contributed by atoms with Gasteiger partial charge in [0.1, 0.15) is 5.75 Å². The third kappa shape index (κ3) is 4.48. The second-order valence-electron chi connectivity index (χ2n) is 4.94. The summed E-state index contributed by atoms with van der Waals surface area (Å²) in [5.41, 5.74) is -1.82. The van der Waals surface area contributed by atoms with E-state index in [0.29, 0.717) is 6.07 Å². The molecule has 2 rings (SSSR count). The van der Waals surface area contributed by atoms with Gasteiger partial charge in [0.05, 0.1) is 23.1 Å². The number of nitrogens with two attached hydrogens (primary N) is 1. The Bertz CT molecular complexity index is 911. The van der Waals surface area contributed by atoms with Crippen LogP contribution >= 0.6 is 0 Å². The minimum absolute atomic E-state index is 0.0135. The normalized spacial score (nSPS) is 11.9. The number of ether oxygens (including phenoxy) is 1. The number of nitrogens with one attached hydrogen (secondary N) is 1. The molecular formula is C15H13F3N2O4S. The molecule has 0 radical (unpaired) electrons. The second kappa shape index (κ2) is 6.73. The van der Waals surface area contributed by atoms with Crippen LogP contribution in [-0.4, -0.2) is 21.4 Å². The van der Waals surface area contributed by atoms with Crippen molar-refractivity contribution in [1.29, 1.82) is 0 Å². The number of hydrogen-bond donors (Lipinski definition) is 2. The highest BCUT2D eigenvalue weighted by Gasteiger charge is 2.35. The summed E-state index contributed by atoms with van der Waals surface area (Å²) in [6.07, 6.45) is -4.77. The quantitative estimate of drug-likeness (QED) is 0.859. The molecule has 0 heterocycles. The van der Waals surface area contributed by atoms with Crippen LogP contribution < -0.4 is 15.2 Å². The van der Waals surface area contributed by atoms with E-state index in [-0.39, 0.29) is 16.3 Å². The first-order valence-electron chi connectivity index (χ1n) is 6.72. The van der Waals surface area contributed by atoms with Crippen LogP contribution in [0.3, 0.4) is 0 Å². The first-order valence-corrected chi connectivity index (χ1v) is 8.26. The van der Waals surface area contributed by atoms with Gasteiger partial charge in [-0.15, -0.1) is 0 Å².